The fourth-order valence-electron chi connectivity index (χ4n) is 2.34. The van der Waals surface area contributed by atoms with Gasteiger partial charge in [-0.2, -0.15) is 0 Å². The molecule has 20 heavy (non-hydrogen) atoms. The van der Waals surface area contributed by atoms with Crippen LogP contribution < -0.4 is 0 Å². The van der Waals surface area contributed by atoms with Crippen LogP contribution in [0.3, 0.4) is 0 Å². The zero-order chi connectivity index (χ0) is 15.1. The molecule has 0 heterocycles. The van der Waals surface area contributed by atoms with Gasteiger partial charge in [0, 0.05) is 6.42 Å². The van der Waals surface area contributed by atoms with Gasteiger partial charge in [-0.25, -0.2) is 0 Å². The highest BCUT2D eigenvalue weighted by atomic mass is 16.4. The van der Waals surface area contributed by atoms with Crippen LogP contribution in [0, 0.1) is 0 Å². The first-order chi connectivity index (χ1) is 9.66. The van der Waals surface area contributed by atoms with Crippen molar-refractivity contribution in [2.45, 2.75) is 89.6 Å². The molecular formula is C16H32O4. The van der Waals surface area contributed by atoms with Crippen LogP contribution in [-0.2, 0) is 4.79 Å². The maximum atomic E-state index is 10.3. The van der Waals surface area contributed by atoms with E-state index in [9.17, 15) is 4.79 Å². The number of carbonyl (C=O) groups is 1. The van der Waals surface area contributed by atoms with Crippen molar-refractivity contribution in [2.75, 3.05) is 6.61 Å². The first-order valence-electron chi connectivity index (χ1n) is 8.17. The highest BCUT2D eigenvalue weighted by Gasteiger charge is 2.00. The molecule has 0 aliphatic heterocycles. The zero-order valence-electron chi connectivity index (χ0n) is 12.7. The fraction of sp³-hybridized carbons (Fsp3) is 0.938. The largest absolute Gasteiger partial charge is 0.481 e. The molecule has 4 nitrogen and oxygen atoms in total. The molecule has 0 aromatic carbocycles. The van der Waals surface area contributed by atoms with Gasteiger partial charge in [0.25, 0.3) is 0 Å². The van der Waals surface area contributed by atoms with Gasteiger partial charge in [-0.3, -0.25) is 4.79 Å². The van der Waals surface area contributed by atoms with E-state index in [0.29, 0.717) is 12.8 Å². The summed E-state index contributed by atoms with van der Waals surface area (Å²) < 4.78 is 0. The van der Waals surface area contributed by atoms with Crippen molar-refractivity contribution in [1.82, 2.24) is 0 Å². The van der Waals surface area contributed by atoms with Crippen LogP contribution in [0.2, 0.25) is 0 Å². The van der Waals surface area contributed by atoms with E-state index in [0.717, 1.165) is 32.1 Å². The third-order valence-electron chi connectivity index (χ3n) is 3.64. The lowest BCUT2D eigenvalue weighted by Gasteiger charge is -2.06. The monoisotopic (exact) mass is 288 g/mol. The summed E-state index contributed by atoms with van der Waals surface area (Å²) in [5, 5.41) is 26.3. The number of hydrogen-bond donors (Lipinski definition) is 3. The van der Waals surface area contributed by atoms with E-state index in [-0.39, 0.29) is 6.61 Å². The summed E-state index contributed by atoms with van der Waals surface area (Å²) in [7, 11) is 0. The number of hydrogen-bond acceptors (Lipinski definition) is 3. The predicted molar refractivity (Wildman–Crippen MR) is 80.7 cm³/mol. The lowest BCUT2D eigenvalue weighted by Crippen LogP contribution is -2.10. The van der Waals surface area contributed by atoms with E-state index in [1.807, 2.05) is 0 Å². The number of unbranched alkanes of at least 4 members (excludes halogenated alkanes) is 10. The van der Waals surface area contributed by atoms with Gasteiger partial charge in [0.2, 0.25) is 0 Å². The van der Waals surface area contributed by atoms with E-state index < -0.39 is 12.1 Å². The molecule has 0 bridgehead atoms. The van der Waals surface area contributed by atoms with Crippen molar-refractivity contribution in [2.24, 2.45) is 0 Å². The molecule has 0 radical (unpaired) electrons. The number of carboxylic acids is 1. The number of aliphatic carboxylic acids is 1. The van der Waals surface area contributed by atoms with Gasteiger partial charge >= 0.3 is 5.97 Å². The van der Waals surface area contributed by atoms with Crippen molar-refractivity contribution in [1.29, 1.82) is 0 Å². The van der Waals surface area contributed by atoms with Crippen LogP contribution in [0.1, 0.15) is 83.5 Å². The molecule has 0 unspecified atom stereocenters. The molecule has 0 rings (SSSR count). The minimum atomic E-state index is -0.684. The quantitative estimate of drug-likeness (QED) is 0.403. The maximum absolute atomic E-state index is 10.3. The number of rotatable bonds is 15. The second-order valence-corrected chi connectivity index (χ2v) is 5.66. The minimum Gasteiger partial charge on any atom is -0.481 e. The van der Waals surface area contributed by atoms with E-state index in [2.05, 4.69) is 0 Å². The van der Waals surface area contributed by atoms with Gasteiger partial charge in [-0.05, 0) is 12.8 Å². The molecule has 120 valence electrons. The Kier molecular flexibility index (Phi) is 14.3. The summed E-state index contributed by atoms with van der Waals surface area (Å²) in [5.41, 5.74) is 0. The third kappa shape index (κ3) is 15.4. The van der Waals surface area contributed by atoms with Gasteiger partial charge in [0.1, 0.15) is 0 Å². The Hall–Kier alpha value is -0.610. The Morgan fingerprint density at radius 2 is 1.15 bits per heavy atom. The highest BCUT2D eigenvalue weighted by Crippen LogP contribution is 2.12. The number of carboxylic acid groups (broad SMARTS) is 1. The van der Waals surface area contributed by atoms with E-state index in [1.54, 1.807) is 0 Å². The van der Waals surface area contributed by atoms with Gasteiger partial charge in [-0.15, -0.1) is 0 Å². The van der Waals surface area contributed by atoms with Gasteiger partial charge in [0.15, 0.2) is 0 Å². The third-order valence-corrected chi connectivity index (χ3v) is 3.64. The van der Waals surface area contributed by atoms with Gasteiger partial charge < -0.3 is 15.3 Å². The van der Waals surface area contributed by atoms with Gasteiger partial charge in [0.05, 0.1) is 12.7 Å². The SMILES string of the molecule is O=C(O)CCCCCCCCCCCCC[C@@H](O)CO. The predicted octanol–water partition coefficient (Wildman–Crippen LogP) is 3.50. The Balaban J connectivity index is 3.01. The van der Waals surface area contributed by atoms with Crippen LogP contribution in [0.4, 0.5) is 0 Å². The lowest BCUT2D eigenvalue weighted by atomic mass is 10.0. The molecule has 4 heteroatoms. The second-order valence-electron chi connectivity index (χ2n) is 5.66. The second kappa shape index (κ2) is 14.8. The maximum Gasteiger partial charge on any atom is 0.303 e. The molecule has 0 saturated heterocycles. The summed E-state index contributed by atoms with van der Waals surface area (Å²) in [5.74, 6) is -0.684. The highest BCUT2D eigenvalue weighted by molar-refractivity contribution is 5.66. The first-order valence-corrected chi connectivity index (χ1v) is 8.17. The topological polar surface area (TPSA) is 77.8 Å². The molecule has 0 aliphatic carbocycles. The van der Waals surface area contributed by atoms with Crippen molar-refractivity contribution in [3.63, 3.8) is 0 Å². The Labute approximate surface area is 123 Å². The van der Waals surface area contributed by atoms with Crippen LogP contribution in [-0.4, -0.2) is 34.0 Å². The minimum absolute atomic E-state index is 0.119. The van der Waals surface area contributed by atoms with Crippen molar-refractivity contribution in [3.05, 3.63) is 0 Å². The molecule has 0 aromatic heterocycles. The average molecular weight is 288 g/mol. The summed E-state index contributed by atoms with van der Waals surface area (Å²) in [4.78, 5) is 10.3. The Bertz CT molecular complexity index is 219. The molecule has 0 amide bonds. The molecule has 0 aliphatic rings. The summed E-state index contributed by atoms with van der Waals surface area (Å²) in [6.07, 6.45) is 13.2. The Morgan fingerprint density at radius 3 is 1.55 bits per heavy atom. The van der Waals surface area contributed by atoms with Crippen LogP contribution in [0.15, 0.2) is 0 Å². The Morgan fingerprint density at radius 1 is 0.750 bits per heavy atom. The molecule has 3 N–H and O–H groups in total. The molecule has 0 spiro atoms. The lowest BCUT2D eigenvalue weighted by molar-refractivity contribution is -0.137. The molecular weight excluding hydrogens is 256 g/mol. The standard InChI is InChI=1S/C16H32O4/c17-14-15(18)12-10-8-6-4-2-1-3-5-7-9-11-13-16(19)20/h15,17-18H,1-14H2,(H,19,20)/t15-/m1/s1. The smallest absolute Gasteiger partial charge is 0.303 e. The average Bonchev–Trinajstić information content (AvgIpc) is 2.43. The molecule has 1 atom stereocenters. The van der Waals surface area contributed by atoms with Crippen LogP contribution in [0.5, 0.6) is 0 Å². The zero-order valence-corrected chi connectivity index (χ0v) is 12.7. The number of aliphatic hydroxyl groups is 2. The van der Waals surface area contributed by atoms with Crippen molar-refractivity contribution >= 4 is 5.97 Å². The molecule has 0 aromatic rings. The first kappa shape index (κ1) is 19.4. The van der Waals surface area contributed by atoms with Crippen molar-refractivity contribution in [3.8, 4) is 0 Å². The van der Waals surface area contributed by atoms with E-state index >= 15 is 0 Å². The van der Waals surface area contributed by atoms with Crippen molar-refractivity contribution < 1.29 is 20.1 Å². The van der Waals surface area contributed by atoms with Gasteiger partial charge in [-0.1, -0.05) is 64.2 Å². The normalized spacial score (nSPS) is 12.5. The fourth-order valence-corrected chi connectivity index (χ4v) is 2.34. The van der Waals surface area contributed by atoms with Crippen LogP contribution in [0.25, 0.3) is 0 Å². The summed E-state index contributed by atoms with van der Waals surface area (Å²) in [6.45, 7) is -0.119. The summed E-state index contributed by atoms with van der Waals surface area (Å²) >= 11 is 0. The van der Waals surface area contributed by atoms with E-state index in [4.69, 9.17) is 15.3 Å². The summed E-state index contributed by atoms with van der Waals surface area (Å²) in [6, 6.07) is 0. The molecule has 0 saturated carbocycles. The van der Waals surface area contributed by atoms with Crippen LogP contribution >= 0.6 is 0 Å². The van der Waals surface area contributed by atoms with E-state index in [1.165, 1.54) is 38.5 Å². The number of aliphatic hydroxyl groups excluding tert-OH is 2. The molecule has 0 fully saturated rings.